The van der Waals surface area contributed by atoms with Crippen LogP contribution >= 0.6 is 0 Å². The molecule has 0 aromatic heterocycles. The van der Waals surface area contributed by atoms with Crippen LogP contribution in [0.3, 0.4) is 0 Å². The van der Waals surface area contributed by atoms with Crippen LogP contribution < -0.4 is 20.9 Å². The lowest BCUT2D eigenvalue weighted by Gasteiger charge is -2.29. The van der Waals surface area contributed by atoms with Crippen molar-refractivity contribution in [3.8, 4) is 0 Å². The van der Waals surface area contributed by atoms with E-state index in [1.807, 2.05) is 37.3 Å². The summed E-state index contributed by atoms with van der Waals surface area (Å²) in [6.45, 7) is 3.27. The number of nitrogens with zero attached hydrogens (tertiary/aromatic N) is 1. The van der Waals surface area contributed by atoms with Crippen LogP contribution in [0.1, 0.15) is 67.8 Å². The van der Waals surface area contributed by atoms with Crippen LogP contribution in [0.2, 0.25) is 0 Å². The quantitative estimate of drug-likeness (QED) is 0.367. The highest BCUT2D eigenvalue weighted by Gasteiger charge is 2.30. The van der Waals surface area contributed by atoms with Crippen LogP contribution in [0, 0.1) is 5.82 Å². The Balaban J connectivity index is 1.55. The molecule has 2 fully saturated rings. The predicted octanol–water partition coefficient (Wildman–Crippen LogP) is 4.01. The Labute approximate surface area is 218 Å². The Morgan fingerprint density at radius 3 is 2.57 bits per heavy atom. The van der Waals surface area contributed by atoms with Gasteiger partial charge in [0.2, 0.25) is 5.91 Å². The van der Waals surface area contributed by atoms with E-state index in [0.29, 0.717) is 50.6 Å². The third kappa shape index (κ3) is 7.08. The van der Waals surface area contributed by atoms with Gasteiger partial charge in [0.15, 0.2) is 5.82 Å². The number of aliphatic hydroxyl groups is 1. The van der Waals surface area contributed by atoms with Crippen molar-refractivity contribution in [3.05, 3.63) is 59.4 Å². The van der Waals surface area contributed by atoms with Crippen LogP contribution in [-0.2, 0) is 11.2 Å². The zero-order chi connectivity index (χ0) is 26.2. The molecule has 2 atom stereocenters. The van der Waals surface area contributed by atoms with Gasteiger partial charge in [-0.05, 0) is 50.3 Å². The molecular formula is C29H39FN4O3. The molecule has 4 rings (SSSR count). The number of rotatable bonds is 11. The number of benzene rings is 2. The molecular weight excluding hydrogens is 471 g/mol. The second-order valence-corrected chi connectivity index (χ2v) is 10.1. The van der Waals surface area contributed by atoms with Crippen molar-refractivity contribution in [2.45, 2.75) is 76.5 Å². The normalized spacial score (nSPS) is 18.0. The van der Waals surface area contributed by atoms with Crippen LogP contribution in [0.15, 0.2) is 42.5 Å². The fraction of sp³-hybridized carbons (Fsp3) is 0.517. The molecule has 0 spiro atoms. The van der Waals surface area contributed by atoms with E-state index in [1.54, 1.807) is 6.07 Å². The number of nitrogens with one attached hydrogen (secondary N) is 3. The van der Waals surface area contributed by atoms with Gasteiger partial charge in [-0.1, -0.05) is 49.6 Å². The van der Waals surface area contributed by atoms with Crippen molar-refractivity contribution in [3.63, 3.8) is 0 Å². The van der Waals surface area contributed by atoms with Gasteiger partial charge >= 0.3 is 0 Å². The minimum absolute atomic E-state index is 0.116. The summed E-state index contributed by atoms with van der Waals surface area (Å²) in [5.74, 6) is -1.48. The fourth-order valence-electron chi connectivity index (χ4n) is 5.31. The fourth-order valence-corrected chi connectivity index (χ4v) is 5.31. The first kappa shape index (κ1) is 27.1. The molecule has 1 heterocycles. The molecule has 1 aliphatic carbocycles. The smallest absolute Gasteiger partial charge is 0.254 e. The Kier molecular flexibility index (Phi) is 9.52. The van der Waals surface area contributed by atoms with Gasteiger partial charge in [0, 0.05) is 37.8 Å². The predicted molar refractivity (Wildman–Crippen MR) is 144 cm³/mol. The second-order valence-electron chi connectivity index (χ2n) is 10.1. The average Bonchev–Trinajstić information content (AvgIpc) is 3.34. The largest absolute Gasteiger partial charge is 0.390 e. The zero-order valence-electron chi connectivity index (χ0n) is 21.6. The summed E-state index contributed by atoms with van der Waals surface area (Å²) in [7, 11) is 0. The van der Waals surface area contributed by atoms with Gasteiger partial charge < -0.3 is 26.0 Å². The molecule has 37 heavy (non-hydrogen) atoms. The Bertz CT molecular complexity index is 1060. The van der Waals surface area contributed by atoms with Gasteiger partial charge in [-0.2, -0.15) is 0 Å². The van der Waals surface area contributed by atoms with Crippen molar-refractivity contribution in [1.29, 1.82) is 0 Å². The molecule has 0 bridgehead atoms. The topological polar surface area (TPSA) is 93.7 Å². The summed E-state index contributed by atoms with van der Waals surface area (Å²) in [6, 6.07) is 12.5. The number of hydrogen-bond donors (Lipinski definition) is 4. The lowest BCUT2D eigenvalue weighted by atomic mass is 9.95. The summed E-state index contributed by atoms with van der Waals surface area (Å²) in [6.07, 6.45) is 6.36. The SMILES string of the molecule is CCNc1cc(C(=O)N[C@@H](Cc2ccccc2)[C@@H](O)CNC2CCCCC2)c(F)c(N2CCCC2=O)c1. The van der Waals surface area contributed by atoms with Crippen LogP contribution in [0.25, 0.3) is 0 Å². The number of hydrogen-bond acceptors (Lipinski definition) is 5. The highest BCUT2D eigenvalue weighted by atomic mass is 19.1. The van der Waals surface area contributed by atoms with Gasteiger partial charge in [0.1, 0.15) is 0 Å². The van der Waals surface area contributed by atoms with Crippen LogP contribution in [-0.4, -0.2) is 54.7 Å². The molecule has 0 unspecified atom stereocenters. The van der Waals surface area contributed by atoms with E-state index in [2.05, 4.69) is 16.0 Å². The molecule has 1 aliphatic heterocycles. The van der Waals surface area contributed by atoms with Gasteiger partial charge in [-0.3, -0.25) is 9.59 Å². The van der Waals surface area contributed by atoms with Crippen molar-refractivity contribution in [2.75, 3.05) is 29.9 Å². The summed E-state index contributed by atoms with van der Waals surface area (Å²) in [5.41, 5.74) is 1.52. The van der Waals surface area contributed by atoms with E-state index < -0.39 is 23.9 Å². The van der Waals surface area contributed by atoms with Gasteiger partial charge in [0.25, 0.3) is 5.91 Å². The molecule has 2 aliphatic rings. The maximum absolute atomic E-state index is 15.7. The first-order chi connectivity index (χ1) is 18.0. The Morgan fingerprint density at radius 1 is 1.14 bits per heavy atom. The van der Waals surface area contributed by atoms with Crippen molar-refractivity contribution >= 4 is 23.2 Å². The number of halogens is 1. The third-order valence-electron chi connectivity index (χ3n) is 7.34. The number of aliphatic hydroxyl groups excluding tert-OH is 1. The minimum atomic E-state index is -0.856. The standard InChI is InChI=1S/C29H39FN4O3/c1-2-31-22-17-23(28(30)25(18-22)34-15-9-14-27(34)36)29(37)33-24(16-20-10-5-3-6-11-20)26(35)19-32-21-12-7-4-8-13-21/h3,5-6,10-11,17-18,21,24,26,31-32,35H,2,4,7-9,12-16,19H2,1H3,(H,33,37)/t24-,26-/m0/s1. The maximum Gasteiger partial charge on any atom is 0.254 e. The molecule has 8 heteroatoms. The van der Waals surface area contributed by atoms with E-state index in [9.17, 15) is 14.7 Å². The molecule has 2 amide bonds. The molecule has 200 valence electrons. The molecule has 2 aromatic rings. The molecule has 7 nitrogen and oxygen atoms in total. The first-order valence-electron chi connectivity index (χ1n) is 13.6. The lowest BCUT2D eigenvalue weighted by Crippen LogP contribution is -2.50. The van der Waals surface area contributed by atoms with Gasteiger partial charge in [-0.15, -0.1) is 0 Å². The zero-order valence-corrected chi connectivity index (χ0v) is 21.6. The average molecular weight is 511 g/mol. The molecule has 1 saturated heterocycles. The monoisotopic (exact) mass is 510 g/mol. The summed E-state index contributed by atoms with van der Waals surface area (Å²) < 4.78 is 15.7. The second kappa shape index (κ2) is 13.0. The molecule has 1 saturated carbocycles. The molecule has 2 aromatic carbocycles. The van der Waals surface area contributed by atoms with Crippen molar-refractivity contribution in [1.82, 2.24) is 10.6 Å². The molecule has 0 radical (unpaired) electrons. The van der Waals surface area contributed by atoms with Crippen molar-refractivity contribution in [2.24, 2.45) is 0 Å². The van der Waals surface area contributed by atoms with Crippen LogP contribution in [0.4, 0.5) is 15.8 Å². The molecule has 4 N–H and O–H groups in total. The van der Waals surface area contributed by atoms with Gasteiger partial charge in [-0.25, -0.2) is 4.39 Å². The number of amides is 2. The van der Waals surface area contributed by atoms with E-state index in [-0.39, 0.29) is 17.2 Å². The lowest BCUT2D eigenvalue weighted by molar-refractivity contribution is -0.117. The summed E-state index contributed by atoms with van der Waals surface area (Å²) in [5, 5.41) is 20.6. The minimum Gasteiger partial charge on any atom is -0.390 e. The summed E-state index contributed by atoms with van der Waals surface area (Å²) in [4.78, 5) is 27.2. The third-order valence-corrected chi connectivity index (χ3v) is 7.34. The number of carbonyl (C=O) groups excluding carboxylic acids is 2. The van der Waals surface area contributed by atoms with Crippen LogP contribution in [0.5, 0.6) is 0 Å². The Morgan fingerprint density at radius 2 is 1.89 bits per heavy atom. The van der Waals surface area contributed by atoms with E-state index >= 15 is 4.39 Å². The van der Waals surface area contributed by atoms with Gasteiger partial charge in [0.05, 0.1) is 23.4 Å². The van der Waals surface area contributed by atoms with E-state index in [0.717, 1.165) is 18.4 Å². The summed E-state index contributed by atoms with van der Waals surface area (Å²) >= 11 is 0. The van der Waals surface area contributed by atoms with E-state index in [4.69, 9.17) is 0 Å². The number of anilines is 2. The van der Waals surface area contributed by atoms with Crippen molar-refractivity contribution < 1.29 is 19.1 Å². The van der Waals surface area contributed by atoms with E-state index in [1.165, 1.54) is 30.2 Å². The Hall–Kier alpha value is -2.97. The number of carbonyl (C=O) groups is 2. The highest BCUT2D eigenvalue weighted by molar-refractivity contribution is 6.00. The first-order valence-corrected chi connectivity index (χ1v) is 13.6. The maximum atomic E-state index is 15.7. The highest BCUT2D eigenvalue weighted by Crippen LogP contribution is 2.30.